The van der Waals surface area contributed by atoms with Crippen LogP contribution in [0.15, 0.2) is 18.2 Å². The lowest BCUT2D eigenvalue weighted by Gasteiger charge is -2.26. The summed E-state index contributed by atoms with van der Waals surface area (Å²) in [5, 5.41) is 12.4. The molecule has 0 aliphatic heterocycles. The van der Waals surface area contributed by atoms with Crippen molar-refractivity contribution < 1.29 is 9.90 Å². The fourth-order valence-corrected chi connectivity index (χ4v) is 2.62. The van der Waals surface area contributed by atoms with Crippen molar-refractivity contribution in [1.82, 2.24) is 5.32 Å². The summed E-state index contributed by atoms with van der Waals surface area (Å²) < 4.78 is 0. The third kappa shape index (κ3) is 3.33. The van der Waals surface area contributed by atoms with Gasteiger partial charge in [-0.1, -0.05) is 25.1 Å². The van der Waals surface area contributed by atoms with Crippen molar-refractivity contribution in [3.63, 3.8) is 0 Å². The molecule has 18 heavy (non-hydrogen) atoms. The summed E-state index contributed by atoms with van der Waals surface area (Å²) in [5.41, 5.74) is 3.63. The molecule has 1 atom stereocenters. The smallest absolute Gasteiger partial charge is 0.307 e. The summed E-state index contributed by atoms with van der Waals surface area (Å²) >= 11 is 0. The first-order chi connectivity index (χ1) is 8.69. The number of rotatable bonds is 5. The number of nitrogens with one attached hydrogen (secondary N) is 1. The molecule has 0 spiro atoms. The van der Waals surface area contributed by atoms with Crippen LogP contribution in [0.1, 0.15) is 36.5 Å². The number of fused-ring (bicyclic) bond motifs is 1. The molecule has 98 valence electrons. The molecular formula is C15H21NO2. The number of benzene rings is 1. The van der Waals surface area contributed by atoms with Crippen LogP contribution < -0.4 is 5.32 Å². The molecule has 0 saturated heterocycles. The summed E-state index contributed by atoms with van der Waals surface area (Å²) in [6.45, 7) is 3.26. The van der Waals surface area contributed by atoms with Gasteiger partial charge in [0.1, 0.15) is 0 Å². The maximum Gasteiger partial charge on any atom is 0.307 e. The van der Waals surface area contributed by atoms with Crippen LogP contribution in [0.4, 0.5) is 0 Å². The first-order valence-electron chi connectivity index (χ1n) is 6.75. The molecule has 3 nitrogen and oxygen atoms in total. The molecule has 1 aromatic rings. The minimum Gasteiger partial charge on any atom is -0.481 e. The van der Waals surface area contributed by atoms with Crippen LogP contribution in [-0.4, -0.2) is 23.7 Å². The maximum absolute atomic E-state index is 10.7. The minimum atomic E-state index is -0.756. The second-order valence-electron chi connectivity index (χ2n) is 5.07. The molecule has 3 heteroatoms. The lowest BCUT2D eigenvalue weighted by molar-refractivity contribution is -0.136. The van der Waals surface area contributed by atoms with E-state index in [1.54, 1.807) is 0 Å². The highest BCUT2D eigenvalue weighted by Crippen LogP contribution is 2.23. The average molecular weight is 247 g/mol. The fraction of sp³-hybridized carbons (Fsp3) is 0.533. The number of carboxylic acid groups (broad SMARTS) is 1. The van der Waals surface area contributed by atoms with Crippen molar-refractivity contribution in [3.8, 4) is 0 Å². The molecule has 2 rings (SSSR count). The predicted octanol–water partition coefficient (Wildman–Crippen LogP) is 2.17. The van der Waals surface area contributed by atoms with Gasteiger partial charge in [0, 0.05) is 6.04 Å². The van der Waals surface area contributed by atoms with Gasteiger partial charge in [0.05, 0.1) is 6.42 Å². The van der Waals surface area contributed by atoms with E-state index in [0.717, 1.165) is 31.4 Å². The molecule has 0 bridgehead atoms. The Morgan fingerprint density at radius 2 is 2.28 bits per heavy atom. The number of carboxylic acids is 1. The Balaban J connectivity index is 2.03. The van der Waals surface area contributed by atoms with E-state index < -0.39 is 5.97 Å². The third-order valence-corrected chi connectivity index (χ3v) is 3.54. The van der Waals surface area contributed by atoms with Gasteiger partial charge < -0.3 is 10.4 Å². The lowest BCUT2D eigenvalue weighted by Crippen LogP contribution is -2.35. The predicted molar refractivity (Wildman–Crippen MR) is 71.9 cm³/mol. The van der Waals surface area contributed by atoms with E-state index in [0.29, 0.717) is 6.04 Å². The zero-order valence-electron chi connectivity index (χ0n) is 10.9. The number of aryl methyl sites for hydroxylation is 1. The standard InChI is InChI=1S/C15H21NO2/c1-2-7-16-14-6-5-12-8-11(9-15(17)18)3-4-13(12)10-14/h3-4,8,14,16H,2,5-7,9-10H2,1H3,(H,17,18). The van der Waals surface area contributed by atoms with E-state index in [1.165, 1.54) is 17.5 Å². The number of hydrogen-bond donors (Lipinski definition) is 2. The largest absolute Gasteiger partial charge is 0.481 e. The molecule has 0 fully saturated rings. The van der Waals surface area contributed by atoms with Gasteiger partial charge in [0.15, 0.2) is 0 Å². The maximum atomic E-state index is 10.7. The molecule has 0 amide bonds. The highest BCUT2D eigenvalue weighted by molar-refractivity contribution is 5.70. The molecular weight excluding hydrogens is 226 g/mol. The summed E-state index contributed by atoms with van der Waals surface area (Å²) in [6, 6.07) is 6.71. The second-order valence-corrected chi connectivity index (χ2v) is 5.07. The summed E-state index contributed by atoms with van der Waals surface area (Å²) in [4.78, 5) is 10.7. The summed E-state index contributed by atoms with van der Waals surface area (Å²) in [7, 11) is 0. The highest BCUT2D eigenvalue weighted by atomic mass is 16.4. The molecule has 1 unspecified atom stereocenters. The quantitative estimate of drug-likeness (QED) is 0.838. The van der Waals surface area contributed by atoms with E-state index in [2.05, 4.69) is 24.4 Å². The van der Waals surface area contributed by atoms with E-state index in [4.69, 9.17) is 5.11 Å². The van der Waals surface area contributed by atoms with Crippen molar-refractivity contribution >= 4 is 5.97 Å². The molecule has 0 radical (unpaired) electrons. The Bertz CT molecular complexity index is 429. The number of carbonyl (C=O) groups is 1. The van der Waals surface area contributed by atoms with Crippen molar-refractivity contribution in [3.05, 3.63) is 34.9 Å². The topological polar surface area (TPSA) is 49.3 Å². The van der Waals surface area contributed by atoms with E-state index in [1.807, 2.05) is 6.07 Å². The molecule has 2 N–H and O–H groups in total. The fourth-order valence-electron chi connectivity index (χ4n) is 2.62. The molecule has 1 aliphatic carbocycles. The molecule has 1 aromatic carbocycles. The molecule has 0 saturated carbocycles. The van der Waals surface area contributed by atoms with Crippen molar-refractivity contribution in [2.75, 3.05) is 6.54 Å². The van der Waals surface area contributed by atoms with E-state index in [9.17, 15) is 4.79 Å². The number of hydrogen-bond acceptors (Lipinski definition) is 2. The molecule has 0 heterocycles. The van der Waals surface area contributed by atoms with Crippen molar-refractivity contribution in [2.45, 2.75) is 45.1 Å². The Kier molecular flexibility index (Phi) is 4.37. The lowest BCUT2D eigenvalue weighted by atomic mass is 9.87. The van der Waals surface area contributed by atoms with Crippen LogP contribution in [-0.2, 0) is 24.1 Å². The van der Waals surface area contributed by atoms with Gasteiger partial charge in [-0.2, -0.15) is 0 Å². The van der Waals surface area contributed by atoms with Gasteiger partial charge in [0.2, 0.25) is 0 Å². The average Bonchev–Trinajstić information content (AvgIpc) is 2.35. The Labute approximate surface area is 108 Å². The monoisotopic (exact) mass is 247 g/mol. The van der Waals surface area contributed by atoms with Gasteiger partial charge in [-0.05, 0) is 48.9 Å². The Morgan fingerprint density at radius 3 is 3.00 bits per heavy atom. The third-order valence-electron chi connectivity index (χ3n) is 3.54. The van der Waals surface area contributed by atoms with E-state index >= 15 is 0 Å². The molecule has 1 aliphatic rings. The van der Waals surface area contributed by atoms with Crippen molar-refractivity contribution in [2.24, 2.45) is 0 Å². The van der Waals surface area contributed by atoms with Crippen LogP contribution in [0.5, 0.6) is 0 Å². The second kappa shape index (κ2) is 6.01. The van der Waals surface area contributed by atoms with Crippen LogP contribution in [0.25, 0.3) is 0 Å². The minimum absolute atomic E-state index is 0.130. The zero-order chi connectivity index (χ0) is 13.0. The Hall–Kier alpha value is -1.35. The van der Waals surface area contributed by atoms with Gasteiger partial charge in [-0.3, -0.25) is 4.79 Å². The summed E-state index contributed by atoms with van der Waals surface area (Å²) in [6.07, 6.45) is 4.59. The van der Waals surface area contributed by atoms with Gasteiger partial charge in [-0.15, -0.1) is 0 Å². The van der Waals surface area contributed by atoms with Gasteiger partial charge >= 0.3 is 5.97 Å². The van der Waals surface area contributed by atoms with Crippen LogP contribution in [0, 0.1) is 0 Å². The van der Waals surface area contributed by atoms with Gasteiger partial charge in [-0.25, -0.2) is 0 Å². The van der Waals surface area contributed by atoms with Crippen LogP contribution >= 0.6 is 0 Å². The Morgan fingerprint density at radius 1 is 1.44 bits per heavy atom. The van der Waals surface area contributed by atoms with E-state index in [-0.39, 0.29) is 6.42 Å². The highest BCUT2D eigenvalue weighted by Gasteiger charge is 2.18. The first-order valence-corrected chi connectivity index (χ1v) is 6.75. The van der Waals surface area contributed by atoms with Crippen molar-refractivity contribution in [1.29, 1.82) is 0 Å². The first kappa shape index (κ1) is 13.1. The normalized spacial score (nSPS) is 18.4. The van der Waals surface area contributed by atoms with Crippen LogP contribution in [0.3, 0.4) is 0 Å². The molecule has 0 aromatic heterocycles. The summed E-state index contributed by atoms with van der Waals surface area (Å²) in [5.74, 6) is -0.756. The number of aliphatic carboxylic acids is 1. The zero-order valence-corrected chi connectivity index (χ0v) is 10.9. The SMILES string of the molecule is CCCNC1CCc2cc(CC(=O)O)ccc2C1. The van der Waals surface area contributed by atoms with Gasteiger partial charge in [0.25, 0.3) is 0 Å². The van der Waals surface area contributed by atoms with Crippen LogP contribution in [0.2, 0.25) is 0 Å².